The van der Waals surface area contributed by atoms with Crippen LogP contribution < -0.4 is 5.32 Å². The number of carbonyl (C=O) groups is 2. The van der Waals surface area contributed by atoms with Gasteiger partial charge in [0.2, 0.25) is 11.1 Å². The zero-order valence-electron chi connectivity index (χ0n) is 27.8. The van der Waals surface area contributed by atoms with Crippen LogP contribution in [-0.4, -0.2) is 59.3 Å². The number of ether oxygens (including phenoxy) is 2. The number of carboxylic acids is 1. The summed E-state index contributed by atoms with van der Waals surface area (Å²) in [4.78, 5) is 22.9. The predicted octanol–water partition coefficient (Wildman–Crippen LogP) is 6.13. The summed E-state index contributed by atoms with van der Waals surface area (Å²) in [5.74, 6) is -0.228. The van der Waals surface area contributed by atoms with Gasteiger partial charge in [0.05, 0.1) is 24.5 Å². The van der Waals surface area contributed by atoms with E-state index in [1.165, 1.54) is 11.8 Å². The van der Waals surface area contributed by atoms with Crippen molar-refractivity contribution in [1.29, 1.82) is 0 Å². The van der Waals surface area contributed by atoms with Gasteiger partial charge in [-0.1, -0.05) is 78.5 Å². The van der Waals surface area contributed by atoms with Crippen LogP contribution in [0.5, 0.6) is 5.75 Å². The van der Waals surface area contributed by atoms with Crippen LogP contribution in [0.25, 0.3) is 16.8 Å². The van der Waals surface area contributed by atoms with E-state index in [-0.39, 0.29) is 36.9 Å². The highest BCUT2D eigenvalue weighted by Crippen LogP contribution is 2.40. The van der Waals surface area contributed by atoms with Crippen molar-refractivity contribution in [2.45, 2.75) is 68.9 Å². The Morgan fingerprint density at radius 2 is 1.61 bits per heavy atom. The molecule has 264 valence electrons. The number of carbonyl (C=O) groups excluding carboxylic acids is 1. The van der Waals surface area contributed by atoms with Crippen molar-refractivity contribution in [3.63, 3.8) is 0 Å². The number of hydrogen-bond donors (Lipinski definition) is 4. The standard InChI is InChI=1S/C38H39N5O7S/c44-23-25-8-10-28(11-9-25)34-21-33(24-51-38-40-41-42-43(38)31-16-18-32(45)19-17-31)49-37(50-34)29-14-12-27(13-15-29)30-5-3-4-26(20-30)22-39-35(46)6-1-2-7-36(47)48/h3-5,8-20,33-34,37,44-45H,1-2,6-7,21-24H2,(H,39,46)(H,47,48)/t33-,34+,37+/m1/s1. The summed E-state index contributed by atoms with van der Waals surface area (Å²) in [5, 5.41) is 43.7. The first-order valence-corrected chi connectivity index (χ1v) is 17.7. The number of aliphatic hydroxyl groups is 1. The van der Waals surface area contributed by atoms with Crippen molar-refractivity contribution in [3.05, 3.63) is 119 Å². The maximum absolute atomic E-state index is 12.2. The fourth-order valence-corrected chi connectivity index (χ4v) is 6.67. The van der Waals surface area contributed by atoms with Gasteiger partial charge in [0, 0.05) is 37.1 Å². The number of rotatable bonds is 15. The Morgan fingerprint density at radius 3 is 2.35 bits per heavy atom. The molecule has 1 aliphatic rings. The van der Waals surface area contributed by atoms with Crippen LogP contribution >= 0.6 is 11.8 Å². The van der Waals surface area contributed by atoms with Crippen LogP contribution in [-0.2, 0) is 32.2 Å². The summed E-state index contributed by atoms with van der Waals surface area (Å²) in [6.07, 6.45) is 0.899. The van der Waals surface area contributed by atoms with Crippen molar-refractivity contribution >= 4 is 23.6 Å². The number of tetrazole rings is 1. The molecular weight excluding hydrogens is 671 g/mol. The number of thioether (sulfide) groups is 1. The van der Waals surface area contributed by atoms with Gasteiger partial charge in [-0.2, -0.15) is 4.68 Å². The number of phenolic OH excluding ortho intramolecular Hbond substituents is 1. The molecule has 4 N–H and O–H groups in total. The number of aromatic hydroxyl groups is 1. The molecule has 6 rings (SSSR count). The van der Waals surface area contributed by atoms with E-state index in [2.05, 4.69) is 20.8 Å². The second kappa shape index (κ2) is 17.2. The van der Waals surface area contributed by atoms with Crippen molar-refractivity contribution in [2.75, 3.05) is 5.75 Å². The summed E-state index contributed by atoms with van der Waals surface area (Å²) < 4.78 is 14.7. The van der Waals surface area contributed by atoms with Crippen molar-refractivity contribution in [2.24, 2.45) is 0 Å². The highest BCUT2D eigenvalue weighted by atomic mass is 32.2. The average molecular weight is 710 g/mol. The number of nitrogens with one attached hydrogen (secondary N) is 1. The summed E-state index contributed by atoms with van der Waals surface area (Å²) in [7, 11) is 0. The molecule has 0 bridgehead atoms. The van der Waals surface area contributed by atoms with E-state index >= 15 is 0 Å². The fraction of sp³-hybridized carbons (Fsp3) is 0.289. The minimum Gasteiger partial charge on any atom is -0.508 e. The molecule has 0 radical (unpaired) electrons. The van der Waals surface area contributed by atoms with Gasteiger partial charge in [-0.05, 0) is 81.4 Å². The van der Waals surface area contributed by atoms with Gasteiger partial charge < -0.3 is 30.1 Å². The lowest BCUT2D eigenvalue weighted by atomic mass is 9.99. The molecule has 0 aliphatic carbocycles. The van der Waals surface area contributed by atoms with Crippen molar-refractivity contribution in [3.8, 4) is 22.6 Å². The molecule has 0 unspecified atom stereocenters. The van der Waals surface area contributed by atoms with Crippen LogP contribution in [0.3, 0.4) is 0 Å². The van der Waals surface area contributed by atoms with Gasteiger partial charge >= 0.3 is 5.97 Å². The van der Waals surface area contributed by atoms with Gasteiger partial charge in [-0.3, -0.25) is 9.59 Å². The number of hydrogen-bond acceptors (Lipinski definition) is 10. The highest BCUT2D eigenvalue weighted by Gasteiger charge is 2.32. The summed E-state index contributed by atoms with van der Waals surface area (Å²) in [5.41, 5.74) is 6.37. The molecule has 1 saturated heterocycles. The number of benzene rings is 4. The Labute approximate surface area is 299 Å². The van der Waals surface area contributed by atoms with Crippen LogP contribution in [0.2, 0.25) is 0 Å². The van der Waals surface area contributed by atoms with E-state index in [1.54, 1.807) is 28.9 Å². The van der Waals surface area contributed by atoms with Crippen LogP contribution in [0.1, 0.15) is 66.8 Å². The molecular formula is C38H39N5O7S. The summed E-state index contributed by atoms with van der Waals surface area (Å²) in [6.45, 7) is 0.349. The first-order valence-electron chi connectivity index (χ1n) is 16.7. The quantitative estimate of drug-likeness (QED) is 0.0729. The molecule has 1 aliphatic heterocycles. The molecule has 3 atom stereocenters. The van der Waals surface area contributed by atoms with Crippen LogP contribution in [0.4, 0.5) is 0 Å². The maximum atomic E-state index is 12.2. The third-order valence-corrected chi connectivity index (χ3v) is 9.58. The molecule has 1 aromatic heterocycles. The average Bonchev–Trinajstić information content (AvgIpc) is 3.64. The summed E-state index contributed by atoms with van der Waals surface area (Å²) >= 11 is 1.48. The Hall–Kier alpha value is -5.08. The zero-order valence-corrected chi connectivity index (χ0v) is 28.6. The number of aliphatic carboxylic acids is 1. The van der Waals surface area contributed by atoms with E-state index in [4.69, 9.17) is 14.6 Å². The van der Waals surface area contributed by atoms with Crippen LogP contribution in [0.15, 0.2) is 102 Å². The minimum absolute atomic E-state index is 0.0351. The lowest BCUT2D eigenvalue weighted by molar-refractivity contribution is -0.245. The zero-order chi connectivity index (χ0) is 35.6. The molecule has 4 aromatic carbocycles. The number of aliphatic hydroxyl groups excluding tert-OH is 1. The lowest BCUT2D eigenvalue weighted by Crippen LogP contribution is -2.31. The Morgan fingerprint density at radius 1 is 0.863 bits per heavy atom. The molecule has 1 fully saturated rings. The molecule has 2 heterocycles. The molecule has 0 spiro atoms. The van der Waals surface area contributed by atoms with Gasteiger partial charge in [0.25, 0.3) is 0 Å². The molecule has 51 heavy (non-hydrogen) atoms. The molecule has 5 aromatic rings. The monoisotopic (exact) mass is 709 g/mol. The summed E-state index contributed by atoms with van der Waals surface area (Å²) in [6, 6.07) is 30.4. The largest absolute Gasteiger partial charge is 0.508 e. The second-order valence-corrected chi connectivity index (χ2v) is 13.2. The second-order valence-electron chi connectivity index (χ2n) is 12.3. The fourth-order valence-electron chi connectivity index (χ4n) is 5.76. The predicted molar refractivity (Wildman–Crippen MR) is 190 cm³/mol. The minimum atomic E-state index is -0.851. The number of nitrogens with zero attached hydrogens (tertiary/aromatic N) is 4. The number of carboxylic acid groups (broad SMARTS) is 1. The smallest absolute Gasteiger partial charge is 0.303 e. The normalized spacial score (nSPS) is 17.2. The van der Waals surface area contributed by atoms with Gasteiger partial charge in [0.15, 0.2) is 6.29 Å². The third-order valence-electron chi connectivity index (χ3n) is 8.53. The van der Waals surface area contributed by atoms with E-state index in [1.807, 2.05) is 72.8 Å². The van der Waals surface area contributed by atoms with E-state index in [0.717, 1.165) is 39.1 Å². The van der Waals surface area contributed by atoms with Crippen molar-refractivity contribution in [1.82, 2.24) is 25.5 Å². The number of amides is 1. The highest BCUT2D eigenvalue weighted by molar-refractivity contribution is 7.99. The van der Waals surface area contributed by atoms with Crippen LogP contribution in [0, 0.1) is 0 Å². The molecule has 12 nitrogen and oxygen atoms in total. The van der Waals surface area contributed by atoms with E-state index in [9.17, 15) is 19.8 Å². The SMILES string of the molecule is O=C(O)CCCCC(=O)NCc1cccc(-c2ccc([C@H]3O[C@@H](CSc4nnnn4-c4ccc(O)cc4)C[C@@H](c4ccc(CO)cc4)O3)cc2)c1. The third kappa shape index (κ3) is 9.79. The van der Waals surface area contributed by atoms with Gasteiger partial charge in [-0.25, -0.2) is 0 Å². The Bertz CT molecular complexity index is 1900. The van der Waals surface area contributed by atoms with E-state index < -0.39 is 12.3 Å². The number of unbranched alkanes of at least 4 members (excludes halogenated alkanes) is 1. The Kier molecular flexibility index (Phi) is 12.1. The first-order chi connectivity index (χ1) is 24.8. The first kappa shape index (κ1) is 35.7. The number of phenols is 1. The topological polar surface area (TPSA) is 169 Å². The lowest BCUT2D eigenvalue weighted by Gasteiger charge is -2.36. The van der Waals surface area contributed by atoms with Gasteiger partial charge in [-0.15, -0.1) is 5.10 Å². The van der Waals surface area contributed by atoms with Crippen molar-refractivity contribution < 1.29 is 34.4 Å². The molecule has 13 heteroatoms. The van der Waals surface area contributed by atoms with Gasteiger partial charge in [0.1, 0.15) is 5.75 Å². The maximum Gasteiger partial charge on any atom is 0.303 e. The van der Waals surface area contributed by atoms with E-state index in [0.29, 0.717) is 43.1 Å². The molecule has 1 amide bonds. The Balaban J connectivity index is 1.13. The number of aromatic nitrogens is 4. The molecule has 0 saturated carbocycles.